The summed E-state index contributed by atoms with van der Waals surface area (Å²) in [5.41, 5.74) is 3.94. The van der Waals surface area contributed by atoms with Gasteiger partial charge in [0.25, 0.3) is 5.91 Å². The molecule has 9 nitrogen and oxygen atoms in total. The van der Waals surface area contributed by atoms with Gasteiger partial charge in [0.05, 0.1) is 23.5 Å². The van der Waals surface area contributed by atoms with E-state index in [2.05, 4.69) is 28.3 Å². The van der Waals surface area contributed by atoms with E-state index in [-0.39, 0.29) is 18.0 Å². The third-order valence-corrected chi connectivity index (χ3v) is 6.79. The van der Waals surface area contributed by atoms with Gasteiger partial charge in [0.2, 0.25) is 0 Å². The van der Waals surface area contributed by atoms with Crippen molar-refractivity contribution in [2.45, 2.75) is 64.3 Å². The van der Waals surface area contributed by atoms with E-state index in [1.54, 1.807) is 4.90 Å². The lowest BCUT2D eigenvalue weighted by atomic mass is 9.91. The van der Waals surface area contributed by atoms with Crippen LogP contribution in [-0.4, -0.2) is 67.9 Å². The Hall–Kier alpha value is -3.46. The highest BCUT2D eigenvalue weighted by Gasteiger charge is 2.36. The second-order valence-corrected chi connectivity index (χ2v) is 10.8. The molecule has 36 heavy (non-hydrogen) atoms. The average molecular weight is 491 g/mol. The Balaban J connectivity index is 1.33. The van der Waals surface area contributed by atoms with E-state index in [4.69, 9.17) is 9.72 Å². The molecule has 1 fully saturated rings. The van der Waals surface area contributed by atoms with Crippen LogP contribution in [0, 0.1) is 0 Å². The van der Waals surface area contributed by atoms with E-state index >= 15 is 0 Å². The molecule has 0 radical (unpaired) electrons. The standard InChI is InChI=1S/C27H34N6O3/c1-27(2,3)36-26(35)29-19-15-32(16-19)25(34)24-20(30-22-12-5-6-14-33(22)24)17-31(4)21-11-7-9-18-10-8-13-28-23(18)21/h5-6,8,10,12-14,19,21H,7,9,11,15-17H2,1-4H3,(H,29,35). The first-order chi connectivity index (χ1) is 17.2. The van der Waals surface area contributed by atoms with Crippen LogP contribution in [0.2, 0.25) is 0 Å². The number of carbonyl (C=O) groups is 2. The maximum absolute atomic E-state index is 13.6. The number of amides is 2. The predicted octanol–water partition coefficient (Wildman–Crippen LogP) is 3.59. The summed E-state index contributed by atoms with van der Waals surface area (Å²) in [6.45, 7) is 6.90. The molecule has 190 valence electrons. The maximum Gasteiger partial charge on any atom is 0.407 e. The normalized spacial score (nSPS) is 18.1. The number of likely N-dealkylation sites (tertiary alicyclic amines) is 1. The number of rotatable bonds is 5. The molecule has 2 amide bonds. The summed E-state index contributed by atoms with van der Waals surface area (Å²) in [6, 6.07) is 9.97. The van der Waals surface area contributed by atoms with Gasteiger partial charge >= 0.3 is 6.09 Å². The van der Waals surface area contributed by atoms with Crippen molar-refractivity contribution in [2.75, 3.05) is 20.1 Å². The lowest BCUT2D eigenvalue weighted by Gasteiger charge is -2.39. The highest BCUT2D eigenvalue weighted by atomic mass is 16.6. The van der Waals surface area contributed by atoms with Gasteiger partial charge in [-0.1, -0.05) is 12.1 Å². The fourth-order valence-corrected chi connectivity index (χ4v) is 5.10. The second kappa shape index (κ2) is 9.54. The first-order valence-corrected chi connectivity index (χ1v) is 12.6. The fraction of sp³-hybridized carbons (Fsp3) is 0.481. The molecule has 1 aliphatic carbocycles. The fourth-order valence-electron chi connectivity index (χ4n) is 5.10. The van der Waals surface area contributed by atoms with Crippen molar-refractivity contribution in [1.29, 1.82) is 0 Å². The number of alkyl carbamates (subject to hydrolysis) is 1. The van der Waals surface area contributed by atoms with Crippen molar-refractivity contribution < 1.29 is 14.3 Å². The largest absolute Gasteiger partial charge is 0.444 e. The van der Waals surface area contributed by atoms with Gasteiger partial charge in [0.15, 0.2) is 0 Å². The van der Waals surface area contributed by atoms with Gasteiger partial charge in [-0.2, -0.15) is 0 Å². The first-order valence-electron chi connectivity index (χ1n) is 12.6. The third-order valence-electron chi connectivity index (χ3n) is 6.79. The quantitative estimate of drug-likeness (QED) is 0.588. The van der Waals surface area contributed by atoms with Crippen LogP contribution in [-0.2, 0) is 17.7 Å². The number of aryl methyl sites for hydroxylation is 1. The Kier molecular flexibility index (Phi) is 6.42. The van der Waals surface area contributed by atoms with Crippen LogP contribution in [0.1, 0.15) is 67.1 Å². The van der Waals surface area contributed by atoms with Crippen molar-refractivity contribution >= 4 is 17.6 Å². The van der Waals surface area contributed by atoms with Crippen molar-refractivity contribution in [2.24, 2.45) is 0 Å². The lowest BCUT2D eigenvalue weighted by molar-refractivity contribution is 0.0355. The molecule has 1 N–H and O–H groups in total. The number of aromatic nitrogens is 3. The third kappa shape index (κ3) is 4.93. The van der Waals surface area contributed by atoms with Crippen LogP contribution >= 0.6 is 0 Å². The summed E-state index contributed by atoms with van der Waals surface area (Å²) < 4.78 is 7.21. The number of pyridine rings is 2. The number of hydrogen-bond donors (Lipinski definition) is 1. The molecule has 3 aromatic rings. The van der Waals surface area contributed by atoms with Crippen LogP contribution in [0.25, 0.3) is 5.65 Å². The van der Waals surface area contributed by atoms with Gasteiger partial charge in [-0.15, -0.1) is 0 Å². The zero-order chi connectivity index (χ0) is 25.4. The summed E-state index contributed by atoms with van der Waals surface area (Å²) in [5, 5.41) is 2.85. The number of fused-ring (bicyclic) bond motifs is 2. The number of imidazole rings is 1. The Morgan fingerprint density at radius 1 is 1.19 bits per heavy atom. The van der Waals surface area contributed by atoms with Crippen LogP contribution in [0.3, 0.4) is 0 Å². The minimum absolute atomic E-state index is 0.0819. The van der Waals surface area contributed by atoms with Crippen molar-refractivity contribution in [1.82, 2.24) is 29.5 Å². The Labute approximate surface area is 211 Å². The summed E-state index contributed by atoms with van der Waals surface area (Å²) in [4.78, 5) is 39.2. The summed E-state index contributed by atoms with van der Waals surface area (Å²) >= 11 is 0. The predicted molar refractivity (Wildman–Crippen MR) is 136 cm³/mol. The van der Waals surface area contributed by atoms with Crippen LogP contribution in [0.5, 0.6) is 0 Å². The lowest BCUT2D eigenvalue weighted by Crippen LogP contribution is -2.61. The number of nitrogens with one attached hydrogen (secondary N) is 1. The van der Waals surface area contributed by atoms with E-state index in [0.717, 1.165) is 36.3 Å². The monoisotopic (exact) mass is 490 g/mol. The molecule has 9 heteroatoms. The topological polar surface area (TPSA) is 92.1 Å². The van der Waals surface area contributed by atoms with Gasteiger partial charge in [-0.3, -0.25) is 19.1 Å². The SMILES string of the molecule is CN(Cc1nc2ccccn2c1C(=O)N1CC(NC(=O)OC(C)(C)C)C1)C1CCCc2cccnc21. The molecule has 2 aliphatic rings. The van der Waals surface area contributed by atoms with E-state index in [1.165, 1.54) is 5.56 Å². The molecule has 0 aromatic carbocycles. The molecule has 5 rings (SSSR count). The van der Waals surface area contributed by atoms with E-state index < -0.39 is 11.7 Å². The van der Waals surface area contributed by atoms with Gasteiger partial charge in [0, 0.05) is 32.0 Å². The number of carbonyl (C=O) groups excluding carboxylic acids is 2. The average Bonchev–Trinajstić information content (AvgIpc) is 3.17. The van der Waals surface area contributed by atoms with Crippen molar-refractivity contribution in [3.63, 3.8) is 0 Å². The van der Waals surface area contributed by atoms with Crippen molar-refractivity contribution in [3.8, 4) is 0 Å². The second-order valence-electron chi connectivity index (χ2n) is 10.8. The zero-order valence-corrected chi connectivity index (χ0v) is 21.4. The molecular weight excluding hydrogens is 456 g/mol. The molecule has 0 bridgehead atoms. The first kappa shape index (κ1) is 24.2. The zero-order valence-electron chi connectivity index (χ0n) is 21.4. The van der Waals surface area contributed by atoms with Gasteiger partial charge in [-0.05, 0) is 70.8 Å². The van der Waals surface area contributed by atoms with E-state index in [1.807, 2.05) is 61.8 Å². The van der Waals surface area contributed by atoms with E-state index in [0.29, 0.717) is 25.3 Å². The molecule has 1 saturated heterocycles. The van der Waals surface area contributed by atoms with Gasteiger partial charge in [0.1, 0.15) is 16.9 Å². The smallest absolute Gasteiger partial charge is 0.407 e. The van der Waals surface area contributed by atoms with E-state index in [9.17, 15) is 9.59 Å². The Morgan fingerprint density at radius 3 is 2.78 bits per heavy atom. The van der Waals surface area contributed by atoms with Crippen molar-refractivity contribution in [3.05, 3.63) is 65.4 Å². The summed E-state index contributed by atoms with van der Waals surface area (Å²) in [6.07, 6.45) is 6.48. The molecule has 1 aliphatic heterocycles. The van der Waals surface area contributed by atoms with Gasteiger partial charge in [-0.25, -0.2) is 9.78 Å². The molecule has 1 atom stereocenters. The maximum atomic E-state index is 13.6. The summed E-state index contributed by atoms with van der Waals surface area (Å²) in [7, 11) is 2.08. The molecule has 1 unspecified atom stereocenters. The van der Waals surface area contributed by atoms with Crippen LogP contribution in [0.15, 0.2) is 42.7 Å². The molecular formula is C27H34N6O3. The molecule has 0 spiro atoms. The Morgan fingerprint density at radius 2 is 2.00 bits per heavy atom. The minimum atomic E-state index is -0.560. The number of hydrogen-bond acceptors (Lipinski definition) is 6. The van der Waals surface area contributed by atoms with Crippen LogP contribution < -0.4 is 5.32 Å². The number of nitrogens with zero attached hydrogens (tertiary/aromatic N) is 5. The Bertz CT molecular complexity index is 1270. The summed E-state index contributed by atoms with van der Waals surface area (Å²) in [5.74, 6) is -0.0819. The highest BCUT2D eigenvalue weighted by molar-refractivity contribution is 5.95. The number of ether oxygens (including phenoxy) is 1. The van der Waals surface area contributed by atoms with Gasteiger partial charge < -0.3 is 15.0 Å². The minimum Gasteiger partial charge on any atom is -0.444 e. The molecule has 3 aromatic heterocycles. The molecule has 0 saturated carbocycles. The van der Waals surface area contributed by atoms with Crippen LogP contribution in [0.4, 0.5) is 4.79 Å². The highest BCUT2D eigenvalue weighted by Crippen LogP contribution is 2.33. The molecule has 4 heterocycles.